The summed E-state index contributed by atoms with van der Waals surface area (Å²) in [6.07, 6.45) is 0. The van der Waals surface area contributed by atoms with E-state index in [0.29, 0.717) is 0 Å². The normalized spacial score (nSPS) is 9.77. The van der Waals surface area contributed by atoms with Crippen molar-refractivity contribution in [1.29, 1.82) is 0 Å². The number of esters is 1. The van der Waals surface area contributed by atoms with E-state index in [4.69, 9.17) is 11.6 Å². The van der Waals surface area contributed by atoms with Crippen LogP contribution in [0.2, 0.25) is 5.02 Å². The molecule has 0 bridgehead atoms. The van der Waals surface area contributed by atoms with Crippen molar-refractivity contribution in [3.8, 4) is 5.75 Å². The second kappa shape index (κ2) is 3.89. The molecule has 5 heteroatoms. The Bertz CT molecular complexity index is 328. The minimum absolute atomic E-state index is 0.0768. The lowest BCUT2D eigenvalue weighted by atomic mass is 10.2. The summed E-state index contributed by atoms with van der Waals surface area (Å²) in [4.78, 5) is 11.3. The molecule has 70 valence electrons. The van der Waals surface area contributed by atoms with Crippen LogP contribution in [0.1, 0.15) is 10.4 Å². The molecule has 0 aliphatic heterocycles. The SMILES string of the molecule is COC(=O)c1cc(S)c(O)c(Cl)c1. The van der Waals surface area contributed by atoms with Crippen molar-refractivity contribution in [2.45, 2.75) is 4.90 Å². The molecular formula is C8H7ClO3S. The number of ether oxygens (including phenoxy) is 1. The summed E-state index contributed by atoms with van der Waals surface area (Å²) < 4.78 is 4.47. The Morgan fingerprint density at radius 2 is 2.23 bits per heavy atom. The molecule has 3 nitrogen and oxygen atoms in total. The van der Waals surface area contributed by atoms with Gasteiger partial charge in [0.1, 0.15) is 5.75 Å². The first-order chi connectivity index (χ1) is 6.06. The van der Waals surface area contributed by atoms with E-state index in [0.717, 1.165) is 0 Å². The third-order valence-electron chi connectivity index (χ3n) is 1.46. The number of hydrogen-bond donors (Lipinski definition) is 2. The Hall–Kier alpha value is -0.870. The molecule has 1 N–H and O–H groups in total. The van der Waals surface area contributed by atoms with Crippen molar-refractivity contribution in [3.63, 3.8) is 0 Å². The van der Waals surface area contributed by atoms with Gasteiger partial charge in [0, 0.05) is 4.90 Å². The lowest BCUT2D eigenvalue weighted by molar-refractivity contribution is 0.0600. The molecule has 0 unspecified atom stereocenters. The van der Waals surface area contributed by atoms with Gasteiger partial charge in [-0.15, -0.1) is 12.6 Å². The van der Waals surface area contributed by atoms with Gasteiger partial charge in [-0.2, -0.15) is 0 Å². The van der Waals surface area contributed by atoms with Crippen molar-refractivity contribution in [3.05, 3.63) is 22.7 Å². The van der Waals surface area contributed by atoms with Gasteiger partial charge in [0.05, 0.1) is 17.7 Å². The second-order valence-electron chi connectivity index (χ2n) is 2.32. The van der Waals surface area contributed by atoms with Gasteiger partial charge in [-0.25, -0.2) is 4.79 Å². The maximum atomic E-state index is 11.0. The molecule has 1 aromatic carbocycles. The standard InChI is InChI=1S/C8H7ClO3S/c1-12-8(11)4-2-5(9)7(10)6(13)3-4/h2-3,10,13H,1H3. The summed E-state index contributed by atoms with van der Waals surface area (Å²) in [6, 6.07) is 2.71. The number of carbonyl (C=O) groups is 1. The van der Waals surface area contributed by atoms with Crippen LogP contribution in [0, 0.1) is 0 Å². The van der Waals surface area contributed by atoms with Gasteiger partial charge in [-0.1, -0.05) is 11.6 Å². The zero-order valence-electron chi connectivity index (χ0n) is 6.74. The van der Waals surface area contributed by atoms with Crippen molar-refractivity contribution >= 4 is 30.2 Å². The van der Waals surface area contributed by atoms with Crippen LogP contribution in [0.3, 0.4) is 0 Å². The lowest BCUT2D eigenvalue weighted by Crippen LogP contribution is -2.00. The highest BCUT2D eigenvalue weighted by Crippen LogP contribution is 2.31. The van der Waals surface area contributed by atoms with Crippen LogP contribution >= 0.6 is 24.2 Å². The Labute approximate surface area is 85.7 Å². The number of methoxy groups -OCH3 is 1. The molecule has 0 aliphatic rings. The molecule has 0 saturated heterocycles. The van der Waals surface area contributed by atoms with Crippen LogP contribution in [0.25, 0.3) is 0 Å². The number of hydrogen-bond acceptors (Lipinski definition) is 4. The van der Waals surface area contributed by atoms with E-state index in [1.165, 1.54) is 19.2 Å². The number of aromatic hydroxyl groups is 1. The fourth-order valence-corrected chi connectivity index (χ4v) is 1.37. The maximum absolute atomic E-state index is 11.0. The Kier molecular flexibility index (Phi) is 3.06. The Morgan fingerprint density at radius 1 is 1.62 bits per heavy atom. The summed E-state index contributed by atoms with van der Waals surface area (Å²) >= 11 is 9.54. The summed E-state index contributed by atoms with van der Waals surface area (Å²) in [7, 11) is 1.27. The number of thiol groups is 1. The molecule has 0 saturated carbocycles. The van der Waals surface area contributed by atoms with Crippen molar-refractivity contribution in [2.75, 3.05) is 7.11 Å². The van der Waals surface area contributed by atoms with Crippen LogP contribution in [0.15, 0.2) is 17.0 Å². The molecule has 0 heterocycles. The monoisotopic (exact) mass is 218 g/mol. The van der Waals surface area contributed by atoms with Gasteiger partial charge in [0.25, 0.3) is 0 Å². The summed E-state index contributed by atoms with van der Waals surface area (Å²) in [6.45, 7) is 0. The number of rotatable bonds is 1. The van der Waals surface area contributed by atoms with E-state index in [9.17, 15) is 9.90 Å². The van der Waals surface area contributed by atoms with E-state index in [1.807, 2.05) is 0 Å². The van der Waals surface area contributed by atoms with Gasteiger partial charge < -0.3 is 9.84 Å². The Balaban J connectivity index is 3.20. The van der Waals surface area contributed by atoms with Crippen LogP contribution < -0.4 is 0 Å². The quantitative estimate of drug-likeness (QED) is 0.561. The summed E-state index contributed by atoms with van der Waals surface area (Å²) in [5.74, 6) is -0.658. The molecule has 0 aliphatic carbocycles. The molecule has 0 aromatic heterocycles. The number of benzene rings is 1. The van der Waals surface area contributed by atoms with Crippen LogP contribution in [0.4, 0.5) is 0 Å². The Morgan fingerprint density at radius 3 is 2.69 bits per heavy atom. The van der Waals surface area contributed by atoms with Crippen LogP contribution in [-0.2, 0) is 4.74 Å². The average molecular weight is 219 g/mol. The first-order valence-electron chi connectivity index (χ1n) is 3.36. The highest BCUT2D eigenvalue weighted by molar-refractivity contribution is 7.80. The van der Waals surface area contributed by atoms with Gasteiger partial charge in [0.15, 0.2) is 0 Å². The second-order valence-corrected chi connectivity index (χ2v) is 3.21. The number of carbonyl (C=O) groups excluding carboxylic acids is 1. The molecule has 1 rings (SSSR count). The third kappa shape index (κ3) is 2.08. The first-order valence-corrected chi connectivity index (χ1v) is 4.18. The molecule has 13 heavy (non-hydrogen) atoms. The van der Waals surface area contributed by atoms with Gasteiger partial charge >= 0.3 is 5.97 Å². The lowest BCUT2D eigenvalue weighted by Gasteiger charge is -2.03. The van der Waals surface area contributed by atoms with Gasteiger partial charge in [-0.3, -0.25) is 0 Å². The van der Waals surface area contributed by atoms with E-state index < -0.39 is 5.97 Å². The topological polar surface area (TPSA) is 46.5 Å². The smallest absolute Gasteiger partial charge is 0.337 e. The van der Waals surface area contributed by atoms with E-state index in [-0.39, 0.29) is 21.2 Å². The molecular weight excluding hydrogens is 212 g/mol. The fraction of sp³-hybridized carbons (Fsp3) is 0.125. The zero-order chi connectivity index (χ0) is 10.0. The predicted octanol–water partition coefficient (Wildman–Crippen LogP) is 2.12. The van der Waals surface area contributed by atoms with Crippen molar-refractivity contribution < 1.29 is 14.6 Å². The third-order valence-corrected chi connectivity index (χ3v) is 2.09. The number of halogens is 1. The zero-order valence-corrected chi connectivity index (χ0v) is 8.39. The minimum atomic E-state index is -0.516. The van der Waals surface area contributed by atoms with Gasteiger partial charge in [0.2, 0.25) is 0 Å². The molecule has 0 amide bonds. The molecule has 0 spiro atoms. The van der Waals surface area contributed by atoms with Crippen LogP contribution in [-0.4, -0.2) is 18.2 Å². The molecule has 1 aromatic rings. The minimum Gasteiger partial charge on any atom is -0.505 e. The van der Waals surface area contributed by atoms with E-state index in [1.54, 1.807) is 0 Å². The highest BCUT2D eigenvalue weighted by Gasteiger charge is 2.11. The summed E-state index contributed by atoms with van der Waals surface area (Å²) in [5, 5.41) is 9.30. The van der Waals surface area contributed by atoms with Crippen molar-refractivity contribution in [2.24, 2.45) is 0 Å². The fourth-order valence-electron chi connectivity index (χ4n) is 0.820. The van der Waals surface area contributed by atoms with Crippen LogP contribution in [0.5, 0.6) is 5.75 Å². The van der Waals surface area contributed by atoms with E-state index >= 15 is 0 Å². The predicted molar refractivity (Wildman–Crippen MR) is 51.7 cm³/mol. The molecule has 0 fully saturated rings. The average Bonchev–Trinajstić information content (AvgIpc) is 2.12. The van der Waals surface area contributed by atoms with Gasteiger partial charge in [-0.05, 0) is 12.1 Å². The molecule has 0 atom stereocenters. The number of phenols is 1. The largest absolute Gasteiger partial charge is 0.505 e. The first kappa shape index (κ1) is 10.2. The number of phenolic OH excluding ortho intramolecular Hbond substituents is 1. The van der Waals surface area contributed by atoms with Crippen molar-refractivity contribution in [1.82, 2.24) is 0 Å². The van der Waals surface area contributed by atoms with E-state index in [2.05, 4.69) is 17.4 Å². The summed E-state index contributed by atoms with van der Waals surface area (Å²) in [5.41, 5.74) is 0.260. The highest BCUT2D eigenvalue weighted by atomic mass is 35.5. The maximum Gasteiger partial charge on any atom is 0.337 e. The molecule has 0 radical (unpaired) electrons.